The average Bonchev–Trinajstić information content (AvgIpc) is 2.96. The van der Waals surface area contributed by atoms with E-state index in [1.54, 1.807) is 0 Å². The van der Waals surface area contributed by atoms with Crippen LogP contribution in [-0.2, 0) is 20.6 Å². The zero-order valence-electron chi connectivity index (χ0n) is 16.2. The number of hydrogen-bond donors (Lipinski definition) is 1. The first-order valence-corrected chi connectivity index (χ1v) is 11.8. The lowest BCUT2D eigenvalue weighted by atomic mass is 10.2. The summed E-state index contributed by atoms with van der Waals surface area (Å²) in [5, 5.41) is 9.52. The Morgan fingerprint density at radius 3 is 2.38 bits per heavy atom. The summed E-state index contributed by atoms with van der Waals surface area (Å²) < 4.78 is 11.6. The van der Waals surface area contributed by atoms with Crippen LogP contribution in [-0.4, -0.2) is 49.1 Å². The molecule has 26 heavy (non-hydrogen) atoms. The highest BCUT2D eigenvalue weighted by molar-refractivity contribution is 6.74. The molecule has 1 aromatic rings. The van der Waals surface area contributed by atoms with Gasteiger partial charge >= 0.3 is 12.1 Å². The van der Waals surface area contributed by atoms with Gasteiger partial charge in [0.15, 0.2) is 8.32 Å². The normalized spacial score (nSPS) is 20.9. The number of benzene rings is 1. The minimum Gasteiger partial charge on any atom is -0.480 e. The summed E-state index contributed by atoms with van der Waals surface area (Å²) in [6.07, 6.45) is -0.591. The Labute approximate surface area is 156 Å². The minimum absolute atomic E-state index is 0.0208. The lowest BCUT2D eigenvalue weighted by Crippen LogP contribution is -2.45. The van der Waals surface area contributed by atoms with Crippen molar-refractivity contribution in [2.24, 2.45) is 0 Å². The maximum atomic E-state index is 12.4. The molecule has 1 aliphatic rings. The van der Waals surface area contributed by atoms with Gasteiger partial charge in [0, 0.05) is 13.0 Å². The second kappa shape index (κ2) is 7.80. The van der Waals surface area contributed by atoms with Gasteiger partial charge in [-0.3, -0.25) is 4.90 Å². The van der Waals surface area contributed by atoms with Crippen molar-refractivity contribution in [1.29, 1.82) is 0 Å². The Morgan fingerprint density at radius 1 is 1.23 bits per heavy atom. The molecule has 0 saturated carbocycles. The van der Waals surface area contributed by atoms with Crippen molar-refractivity contribution in [3.8, 4) is 0 Å². The largest absolute Gasteiger partial charge is 0.480 e. The Kier molecular flexibility index (Phi) is 6.13. The number of carboxylic acid groups (broad SMARTS) is 1. The third-order valence-electron chi connectivity index (χ3n) is 5.25. The first-order valence-electron chi connectivity index (χ1n) is 8.89. The summed E-state index contributed by atoms with van der Waals surface area (Å²) >= 11 is 0. The highest BCUT2D eigenvalue weighted by Gasteiger charge is 2.46. The van der Waals surface area contributed by atoms with Crippen LogP contribution < -0.4 is 0 Å². The molecule has 2 atom stereocenters. The van der Waals surface area contributed by atoms with Crippen LogP contribution in [0.2, 0.25) is 18.1 Å². The smallest absolute Gasteiger partial charge is 0.410 e. The van der Waals surface area contributed by atoms with Gasteiger partial charge in [-0.2, -0.15) is 0 Å². The van der Waals surface area contributed by atoms with E-state index in [2.05, 4.69) is 33.9 Å². The number of nitrogens with zero attached hydrogens (tertiary/aromatic N) is 1. The van der Waals surface area contributed by atoms with Crippen LogP contribution in [0.4, 0.5) is 4.79 Å². The van der Waals surface area contributed by atoms with Crippen molar-refractivity contribution in [3.63, 3.8) is 0 Å². The number of likely N-dealkylation sites (tertiary alicyclic amines) is 1. The highest BCUT2D eigenvalue weighted by atomic mass is 28.4. The summed E-state index contributed by atoms with van der Waals surface area (Å²) in [6, 6.07) is 8.41. The van der Waals surface area contributed by atoms with E-state index < -0.39 is 26.4 Å². The highest BCUT2D eigenvalue weighted by Crippen LogP contribution is 2.39. The van der Waals surface area contributed by atoms with Gasteiger partial charge in [0.2, 0.25) is 0 Å². The topological polar surface area (TPSA) is 76.1 Å². The molecule has 0 spiro atoms. The number of amides is 1. The number of hydrogen-bond acceptors (Lipinski definition) is 4. The number of carbonyl (C=O) groups is 2. The van der Waals surface area contributed by atoms with Crippen LogP contribution >= 0.6 is 0 Å². The fourth-order valence-electron chi connectivity index (χ4n) is 2.71. The Hall–Kier alpha value is -1.86. The van der Waals surface area contributed by atoms with Gasteiger partial charge in [-0.25, -0.2) is 9.59 Å². The van der Waals surface area contributed by atoms with Gasteiger partial charge in [0.05, 0.1) is 6.10 Å². The zero-order valence-corrected chi connectivity index (χ0v) is 17.2. The Morgan fingerprint density at radius 2 is 1.85 bits per heavy atom. The fraction of sp³-hybridized carbons (Fsp3) is 0.579. The third-order valence-corrected chi connectivity index (χ3v) is 9.79. The van der Waals surface area contributed by atoms with Crippen LogP contribution in [0.25, 0.3) is 0 Å². The quantitative estimate of drug-likeness (QED) is 0.786. The summed E-state index contributed by atoms with van der Waals surface area (Å²) in [7, 11) is -2.04. The van der Waals surface area contributed by atoms with E-state index in [0.29, 0.717) is 6.42 Å². The molecule has 1 aliphatic heterocycles. The molecule has 1 heterocycles. The van der Waals surface area contributed by atoms with E-state index in [9.17, 15) is 14.7 Å². The van der Waals surface area contributed by atoms with E-state index >= 15 is 0 Å². The molecule has 6 nitrogen and oxygen atoms in total. The van der Waals surface area contributed by atoms with Crippen LogP contribution in [0.5, 0.6) is 0 Å². The molecule has 0 radical (unpaired) electrons. The summed E-state index contributed by atoms with van der Waals surface area (Å²) in [5.74, 6) is -1.03. The fourth-order valence-corrected chi connectivity index (χ4v) is 4.07. The molecule has 1 fully saturated rings. The lowest BCUT2D eigenvalue weighted by Gasteiger charge is -2.38. The van der Waals surface area contributed by atoms with Gasteiger partial charge in [-0.05, 0) is 23.7 Å². The molecule has 1 amide bonds. The van der Waals surface area contributed by atoms with Crippen LogP contribution in [0.3, 0.4) is 0 Å². The van der Waals surface area contributed by atoms with Crippen LogP contribution in [0, 0.1) is 0 Å². The van der Waals surface area contributed by atoms with E-state index in [4.69, 9.17) is 9.16 Å². The predicted molar refractivity (Wildman–Crippen MR) is 101 cm³/mol. The number of aliphatic carboxylic acids is 1. The average molecular weight is 380 g/mol. The van der Waals surface area contributed by atoms with Gasteiger partial charge in [-0.1, -0.05) is 51.1 Å². The summed E-state index contributed by atoms with van der Waals surface area (Å²) in [5.41, 5.74) is 0.862. The molecule has 1 aromatic carbocycles. The lowest BCUT2D eigenvalue weighted by molar-refractivity contribution is -0.141. The molecule has 144 valence electrons. The summed E-state index contributed by atoms with van der Waals surface area (Å²) in [4.78, 5) is 25.3. The third kappa shape index (κ3) is 4.85. The van der Waals surface area contributed by atoms with Gasteiger partial charge in [-0.15, -0.1) is 0 Å². The molecule has 0 aromatic heterocycles. The molecule has 0 aliphatic carbocycles. The molecular formula is C19H29NO5Si. The molecule has 2 rings (SSSR count). The molecule has 7 heteroatoms. The van der Waals surface area contributed by atoms with Crippen molar-refractivity contribution in [2.75, 3.05) is 6.54 Å². The van der Waals surface area contributed by atoms with Crippen molar-refractivity contribution in [3.05, 3.63) is 35.9 Å². The molecule has 0 unspecified atom stereocenters. The van der Waals surface area contributed by atoms with Crippen molar-refractivity contribution >= 4 is 20.4 Å². The van der Waals surface area contributed by atoms with E-state index in [-0.39, 0.29) is 24.3 Å². The number of carboxylic acids is 1. The van der Waals surface area contributed by atoms with Crippen molar-refractivity contribution in [1.82, 2.24) is 4.90 Å². The van der Waals surface area contributed by atoms with E-state index in [1.807, 2.05) is 30.3 Å². The maximum Gasteiger partial charge on any atom is 0.410 e. The number of rotatable bonds is 5. The van der Waals surface area contributed by atoms with Gasteiger partial charge < -0.3 is 14.3 Å². The SMILES string of the molecule is CC(C)(C)[Si](C)(C)O[C@@H]1C[C@H](C(=O)O)N(C(=O)OCc2ccccc2)C1. The zero-order chi connectivity index (χ0) is 19.5. The number of ether oxygens (including phenoxy) is 1. The predicted octanol–water partition coefficient (Wildman–Crippen LogP) is 3.87. The monoisotopic (exact) mass is 379 g/mol. The van der Waals surface area contributed by atoms with Crippen LogP contribution in [0.15, 0.2) is 30.3 Å². The molecule has 0 bridgehead atoms. The maximum absolute atomic E-state index is 12.4. The molecule has 1 saturated heterocycles. The van der Waals surface area contributed by atoms with Gasteiger partial charge in [0.1, 0.15) is 12.6 Å². The Balaban J connectivity index is 2.02. The number of carbonyl (C=O) groups excluding carboxylic acids is 1. The van der Waals surface area contributed by atoms with Crippen molar-refractivity contribution < 1.29 is 23.9 Å². The van der Waals surface area contributed by atoms with Crippen molar-refractivity contribution in [2.45, 2.75) is 64.1 Å². The van der Waals surface area contributed by atoms with Crippen LogP contribution in [0.1, 0.15) is 32.8 Å². The minimum atomic E-state index is -2.04. The second-order valence-electron chi connectivity index (χ2n) is 8.28. The summed E-state index contributed by atoms with van der Waals surface area (Å²) in [6.45, 7) is 11.0. The first kappa shape index (κ1) is 20.4. The van der Waals surface area contributed by atoms with Gasteiger partial charge in [0.25, 0.3) is 0 Å². The Bertz CT molecular complexity index is 641. The standard InChI is InChI=1S/C19H29NO5Si/c1-19(2,3)26(4,5)25-15-11-16(17(21)22)20(12-15)18(23)24-13-14-9-7-6-8-10-14/h6-10,15-16H,11-13H2,1-5H3,(H,21,22)/t15-,16-/m1/s1. The molecule has 1 N–H and O–H groups in total. The second-order valence-corrected chi connectivity index (χ2v) is 13.0. The van der Waals surface area contributed by atoms with E-state index in [0.717, 1.165) is 5.56 Å². The molecular weight excluding hydrogens is 350 g/mol. The first-order chi connectivity index (χ1) is 12.0. The van der Waals surface area contributed by atoms with E-state index in [1.165, 1.54) is 4.90 Å².